The lowest BCUT2D eigenvalue weighted by Crippen LogP contribution is -2.18. The van der Waals surface area contributed by atoms with E-state index in [4.69, 9.17) is 4.74 Å². The molecule has 0 aliphatic heterocycles. The minimum Gasteiger partial charge on any atom is -0.462 e. The van der Waals surface area contributed by atoms with Gasteiger partial charge in [-0.15, -0.1) is 16.4 Å². The first-order chi connectivity index (χ1) is 10.0. The lowest BCUT2D eigenvalue weighted by Gasteiger charge is -2.05. The van der Waals surface area contributed by atoms with Crippen LogP contribution in [0.2, 0.25) is 0 Å². The van der Waals surface area contributed by atoms with Crippen LogP contribution in [0.5, 0.6) is 0 Å². The summed E-state index contributed by atoms with van der Waals surface area (Å²) >= 11 is 1.32. The second-order valence-electron chi connectivity index (χ2n) is 4.26. The predicted molar refractivity (Wildman–Crippen MR) is 76.1 cm³/mol. The van der Waals surface area contributed by atoms with Crippen LogP contribution in [0, 0.1) is 6.92 Å². The number of carbonyl (C=O) groups excluding carboxylic acids is 2. The quantitative estimate of drug-likeness (QED) is 0.825. The van der Waals surface area contributed by atoms with Gasteiger partial charge in [0.05, 0.1) is 18.6 Å². The number of nitrogens with zero attached hydrogens (tertiary/aromatic N) is 4. The summed E-state index contributed by atoms with van der Waals surface area (Å²) in [6.45, 7) is 3.87. The van der Waals surface area contributed by atoms with E-state index in [1.54, 1.807) is 20.0 Å². The molecule has 0 aliphatic carbocycles. The number of amides is 1. The summed E-state index contributed by atoms with van der Waals surface area (Å²) in [5.41, 5.74) is 0.365. The molecule has 2 aromatic heterocycles. The zero-order valence-corrected chi connectivity index (χ0v) is 12.7. The molecule has 0 spiro atoms. The fourth-order valence-corrected chi connectivity index (χ4v) is 2.60. The van der Waals surface area contributed by atoms with Crippen molar-refractivity contribution < 1.29 is 14.3 Å². The Morgan fingerprint density at radius 2 is 2.24 bits per heavy atom. The normalized spacial score (nSPS) is 10.4. The van der Waals surface area contributed by atoms with Crippen LogP contribution in [0.1, 0.15) is 28.0 Å². The molecule has 2 heterocycles. The summed E-state index contributed by atoms with van der Waals surface area (Å²) in [5, 5.41) is 14.0. The minimum atomic E-state index is -0.447. The van der Waals surface area contributed by atoms with Crippen LogP contribution in [0.15, 0.2) is 6.07 Å². The zero-order chi connectivity index (χ0) is 15.4. The number of tetrazole rings is 1. The first kappa shape index (κ1) is 15.1. The number of aryl methyl sites for hydroxylation is 2. The Kier molecular flexibility index (Phi) is 4.63. The van der Waals surface area contributed by atoms with E-state index < -0.39 is 5.97 Å². The van der Waals surface area contributed by atoms with Gasteiger partial charge in [-0.25, -0.2) is 9.48 Å². The standard InChI is InChI=1S/C12H15N5O3S/c1-4-20-12(19)8-5-7(2)21-11(8)13-10(18)6-9-14-15-16-17(9)3/h5H,4,6H2,1-3H3,(H,13,18). The molecule has 1 amide bonds. The number of rotatable bonds is 5. The number of thiophene rings is 1. The fraction of sp³-hybridized carbons (Fsp3) is 0.417. The number of esters is 1. The molecule has 0 aliphatic rings. The van der Waals surface area contributed by atoms with Crippen LogP contribution in [-0.4, -0.2) is 38.7 Å². The maximum absolute atomic E-state index is 12.0. The van der Waals surface area contributed by atoms with Crippen molar-refractivity contribution in [3.8, 4) is 0 Å². The lowest BCUT2D eigenvalue weighted by atomic mass is 10.3. The van der Waals surface area contributed by atoms with Crippen molar-refractivity contribution in [3.63, 3.8) is 0 Å². The van der Waals surface area contributed by atoms with E-state index in [1.807, 2.05) is 6.92 Å². The van der Waals surface area contributed by atoms with Gasteiger partial charge in [0.2, 0.25) is 5.91 Å². The summed E-state index contributed by atoms with van der Waals surface area (Å²) in [6, 6.07) is 1.70. The van der Waals surface area contributed by atoms with Crippen molar-refractivity contribution in [1.29, 1.82) is 0 Å². The highest BCUT2D eigenvalue weighted by Gasteiger charge is 2.18. The minimum absolute atomic E-state index is 0.0305. The van der Waals surface area contributed by atoms with Gasteiger partial charge in [0.25, 0.3) is 0 Å². The molecule has 0 unspecified atom stereocenters. The van der Waals surface area contributed by atoms with Gasteiger partial charge in [-0.1, -0.05) is 0 Å². The van der Waals surface area contributed by atoms with Crippen molar-refractivity contribution in [2.75, 3.05) is 11.9 Å². The zero-order valence-electron chi connectivity index (χ0n) is 11.9. The van der Waals surface area contributed by atoms with Gasteiger partial charge in [0.15, 0.2) is 5.82 Å². The van der Waals surface area contributed by atoms with Gasteiger partial charge < -0.3 is 10.1 Å². The molecule has 1 N–H and O–H groups in total. The average Bonchev–Trinajstić information content (AvgIpc) is 2.97. The molecule has 0 fully saturated rings. The smallest absolute Gasteiger partial charge is 0.341 e. The highest BCUT2D eigenvalue weighted by Crippen LogP contribution is 2.28. The van der Waals surface area contributed by atoms with Gasteiger partial charge in [-0.2, -0.15) is 0 Å². The maximum atomic E-state index is 12.0. The van der Waals surface area contributed by atoms with E-state index in [2.05, 4.69) is 20.8 Å². The summed E-state index contributed by atoms with van der Waals surface area (Å²) in [7, 11) is 1.65. The number of anilines is 1. The Bertz CT molecular complexity index is 664. The third-order valence-electron chi connectivity index (χ3n) is 2.63. The molecule has 0 aromatic carbocycles. The van der Waals surface area contributed by atoms with Crippen LogP contribution in [0.4, 0.5) is 5.00 Å². The van der Waals surface area contributed by atoms with E-state index in [0.29, 0.717) is 16.4 Å². The van der Waals surface area contributed by atoms with E-state index in [9.17, 15) is 9.59 Å². The van der Waals surface area contributed by atoms with E-state index in [1.165, 1.54) is 16.0 Å². The van der Waals surface area contributed by atoms with Gasteiger partial charge in [-0.05, 0) is 30.3 Å². The number of ether oxygens (including phenoxy) is 1. The van der Waals surface area contributed by atoms with Gasteiger partial charge in [0.1, 0.15) is 5.00 Å². The molecule has 8 nitrogen and oxygen atoms in total. The highest BCUT2D eigenvalue weighted by atomic mass is 32.1. The molecule has 112 valence electrons. The Labute approximate surface area is 125 Å². The van der Waals surface area contributed by atoms with Crippen LogP contribution < -0.4 is 5.32 Å². The molecular formula is C12H15N5O3S. The Morgan fingerprint density at radius 3 is 2.86 bits per heavy atom. The third kappa shape index (κ3) is 3.63. The van der Waals surface area contributed by atoms with Crippen molar-refractivity contribution >= 4 is 28.2 Å². The van der Waals surface area contributed by atoms with Gasteiger partial charge in [-0.3, -0.25) is 4.79 Å². The van der Waals surface area contributed by atoms with Crippen molar-refractivity contribution in [1.82, 2.24) is 20.2 Å². The molecule has 21 heavy (non-hydrogen) atoms. The Balaban J connectivity index is 2.10. The van der Waals surface area contributed by atoms with E-state index >= 15 is 0 Å². The predicted octanol–water partition coefficient (Wildman–Crippen LogP) is 0.938. The second kappa shape index (κ2) is 6.44. The van der Waals surface area contributed by atoms with Crippen molar-refractivity contribution in [2.45, 2.75) is 20.3 Å². The molecule has 0 saturated carbocycles. The summed E-state index contributed by atoms with van der Waals surface area (Å²) < 4.78 is 6.39. The third-order valence-corrected chi connectivity index (χ3v) is 3.60. The lowest BCUT2D eigenvalue weighted by molar-refractivity contribution is -0.115. The highest BCUT2D eigenvalue weighted by molar-refractivity contribution is 7.16. The monoisotopic (exact) mass is 309 g/mol. The Hall–Kier alpha value is -2.29. The number of nitrogens with one attached hydrogen (secondary N) is 1. The Morgan fingerprint density at radius 1 is 1.48 bits per heavy atom. The SMILES string of the molecule is CCOC(=O)c1cc(C)sc1NC(=O)Cc1nnnn1C. The molecule has 2 rings (SSSR count). The molecule has 9 heteroatoms. The van der Waals surface area contributed by atoms with Crippen molar-refractivity contribution in [2.24, 2.45) is 7.05 Å². The van der Waals surface area contributed by atoms with E-state index in [0.717, 1.165) is 4.88 Å². The number of aromatic nitrogens is 4. The van der Waals surface area contributed by atoms with E-state index in [-0.39, 0.29) is 18.9 Å². The van der Waals surface area contributed by atoms with Crippen LogP contribution in [0.3, 0.4) is 0 Å². The molecule has 0 atom stereocenters. The summed E-state index contributed by atoms with van der Waals surface area (Å²) in [4.78, 5) is 24.7. The van der Waals surface area contributed by atoms with Crippen LogP contribution >= 0.6 is 11.3 Å². The van der Waals surface area contributed by atoms with Gasteiger partial charge in [0, 0.05) is 11.9 Å². The molecule has 0 saturated heterocycles. The molecular weight excluding hydrogens is 294 g/mol. The van der Waals surface area contributed by atoms with Crippen LogP contribution in [0.25, 0.3) is 0 Å². The topological polar surface area (TPSA) is 99.0 Å². The maximum Gasteiger partial charge on any atom is 0.341 e. The second-order valence-corrected chi connectivity index (χ2v) is 5.52. The van der Waals surface area contributed by atoms with Crippen LogP contribution in [-0.2, 0) is 23.0 Å². The first-order valence-electron chi connectivity index (χ1n) is 6.30. The fourth-order valence-electron chi connectivity index (χ4n) is 1.68. The molecule has 0 bridgehead atoms. The number of hydrogen-bond acceptors (Lipinski definition) is 7. The molecule has 0 radical (unpaired) electrons. The summed E-state index contributed by atoms with van der Waals surface area (Å²) in [5.74, 6) is -0.295. The van der Waals surface area contributed by atoms with Gasteiger partial charge >= 0.3 is 5.97 Å². The summed E-state index contributed by atoms with van der Waals surface area (Å²) in [6.07, 6.45) is 0.0305. The largest absolute Gasteiger partial charge is 0.462 e. The first-order valence-corrected chi connectivity index (χ1v) is 7.11. The van der Waals surface area contributed by atoms with Crippen molar-refractivity contribution in [3.05, 3.63) is 22.3 Å². The number of carbonyl (C=O) groups is 2. The average molecular weight is 309 g/mol. The molecule has 2 aromatic rings. The number of hydrogen-bond donors (Lipinski definition) is 1.